The first kappa shape index (κ1) is 23.7. The highest BCUT2D eigenvalue weighted by atomic mass is 32.2. The predicted octanol–water partition coefficient (Wildman–Crippen LogP) is 3.04. The Morgan fingerprint density at radius 2 is 1.86 bits per heavy atom. The summed E-state index contributed by atoms with van der Waals surface area (Å²) in [4.78, 5) is 12.7. The lowest BCUT2D eigenvalue weighted by molar-refractivity contribution is -0.121. The van der Waals surface area contributed by atoms with Crippen LogP contribution in [0.25, 0.3) is 0 Å². The number of methoxy groups -OCH3 is 2. The number of hydrogen-bond acceptors (Lipinski definition) is 6. The van der Waals surface area contributed by atoms with Gasteiger partial charge in [-0.1, -0.05) is 19.3 Å². The van der Waals surface area contributed by atoms with Crippen LogP contribution in [-0.4, -0.2) is 58.4 Å². The zero-order valence-electron chi connectivity index (χ0n) is 17.6. The largest absolute Gasteiger partial charge is 0.493 e. The van der Waals surface area contributed by atoms with Gasteiger partial charge >= 0.3 is 0 Å². The third-order valence-electron chi connectivity index (χ3n) is 5.02. The van der Waals surface area contributed by atoms with Gasteiger partial charge in [0.25, 0.3) is 0 Å². The van der Waals surface area contributed by atoms with Crippen molar-refractivity contribution >= 4 is 33.4 Å². The van der Waals surface area contributed by atoms with Crippen LogP contribution in [0.4, 0.5) is 5.69 Å². The van der Waals surface area contributed by atoms with Crippen molar-refractivity contribution in [1.82, 2.24) is 5.32 Å². The molecule has 0 radical (unpaired) electrons. The second kappa shape index (κ2) is 11.0. The van der Waals surface area contributed by atoms with Crippen LogP contribution in [0, 0.1) is 0 Å². The Balaban J connectivity index is 2.02. The van der Waals surface area contributed by atoms with E-state index in [4.69, 9.17) is 9.47 Å². The van der Waals surface area contributed by atoms with E-state index in [1.54, 1.807) is 25.1 Å². The molecule has 0 saturated heterocycles. The topological polar surface area (TPSA) is 84.9 Å². The fourth-order valence-electron chi connectivity index (χ4n) is 3.55. The quantitative estimate of drug-likeness (QED) is 0.559. The van der Waals surface area contributed by atoms with Gasteiger partial charge < -0.3 is 14.8 Å². The number of benzene rings is 1. The van der Waals surface area contributed by atoms with Gasteiger partial charge in [-0.25, -0.2) is 8.42 Å². The molecule has 1 atom stereocenters. The molecule has 0 spiro atoms. The first-order valence-corrected chi connectivity index (χ1v) is 12.8. The molecule has 1 aliphatic carbocycles. The molecule has 1 fully saturated rings. The normalized spacial score (nSPS) is 16.1. The second-order valence-corrected chi connectivity index (χ2v) is 10.5. The minimum atomic E-state index is -3.68. The molecule has 1 N–H and O–H groups in total. The second-order valence-electron chi connectivity index (χ2n) is 7.20. The van der Waals surface area contributed by atoms with Crippen LogP contribution in [0.3, 0.4) is 0 Å². The Bertz CT molecular complexity index is 779. The van der Waals surface area contributed by atoms with Gasteiger partial charge in [-0.2, -0.15) is 11.8 Å². The Hall–Kier alpha value is -1.61. The summed E-state index contributed by atoms with van der Waals surface area (Å²) in [6, 6.07) is 3.90. The first-order valence-electron chi connectivity index (χ1n) is 9.88. The van der Waals surface area contributed by atoms with Crippen molar-refractivity contribution in [3.05, 3.63) is 18.2 Å². The van der Waals surface area contributed by atoms with Gasteiger partial charge in [0.2, 0.25) is 15.9 Å². The van der Waals surface area contributed by atoms with E-state index in [9.17, 15) is 13.2 Å². The van der Waals surface area contributed by atoms with Crippen molar-refractivity contribution in [3.8, 4) is 11.5 Å². The Labute approximate surface area is 178 Å². The summed E-state index contributed by atoms with van der Waals surface area (Å²) in [5.74, 6) is 1.39. The van der Waals surface area contributed by atoms with E-state index >= 15 is 0 Å². The summed E-state index contributed by atoms with van der Waals surface area (Å²) in [5, 5.41) is 3.55. The monoisotopic (exact) mass is 444 g/mol. The van der Waals surface area contributed by atoms with Crippen LogP contribution in [0.2, 0.25) is 0 Å². The van der Waals surface area contributed by atoms with E-state index < -0.39 is 16.1 Å². The lowest BCUT2D eigenvalue weighted by atomic mass is 10.0. The van der Waals surface area contributed by atoms with Crippen molar-refractivity contribution in [2.45, 2.75) is 50.3 Å². The molecule has 29 heavy (non-hydrogen) atoms. The first-order chi connectivity index (χ1) is 13.8. The molecule has 0 heterocycles. The summed E-state index contributed by atoms with van der Waals surface area (Å²) < 4.78 is 36.5. The van der Waals surface area contributed by atoms with Gasteiger partial charge in [0, 0.05) is 23.6 Å². The molecule has 1 aliphatic rings. The van der Waals surface area contributed by atoms with Crippen LogP contribution in [0.15, 0.2) is 18.2 Å². The van der Waals surface area contributed by atoms with Crippen molar-refractivity contribution in [1.29, 1.82) is 0 Å². The van der Waals surface area contributed by atoms with Crippen molar-refractivity contribution < 1.29 is 22.7 Å². The Morgan fingerprint density at radius 1 is 1.21 bits per heavy atom. The number of nitrogens with zero attached hydrogens (tertiary/aromatic N) is 1. The van der Waals surface area contributed by atoms with Crippen LogP contribution in [-0.2, 0) is 14.8 Å². The minimum absolute atomic E-state index is 0.325. The fraction of sp³-hybridized carbons (Fsp3) is 0.650. The van der Waals surface area contributed by atoms with E-state index in [0.717, 1.165) is 16.3 Å². The van der Waals surface area contributed by atoms with Gasteiger partial charge in [-0.15, -0.1) is 0 Å². The molecular weight excluding hydrogens is 412 g/mol. The highest BCUT2D eigenvalue weighted by Gasteiger charge is 2.29. The molecule has 2 rings (SSSR count). The summed E-state index contributed by atoms with van der Waals surface area (Å²) in [6.07, 6.45) is 7.48. The number of amides is 1. The average Bonchev–Trinajstić information content (AvgIpc) is 2.70. The van der Waals surface area contributed by atoms with Gasteiger partial charge in [-0.05, 0) is 31.9 Å². The van der Waals surface area contributed by atoms with Crippen LogP contribution >= 0.6 is 11.8 Å². The molecule has 0 aromatic heterocycles. The molecule has 1 aromatic rings. The molecule has 0 unspecified atom stereocenters. The SMILES string of the molecule is COc1ccc(N([C@H](C)C(=O)NCCSC2CCCCC2)S(C)(=O)=O)cc1OC. The third-order valence-corrected chi connectivity index (χ3v) is 7.64. The van der Waals surface area contributed by atoms with Crippen molar-refractivity contribution in [2.24, 2.45) is 0 Å². The number of ether oxygens (including phenoxy) is 2. The number of nitrogens with one attached hydrogen (secondary N) is 1. The highest BCUT2D eigenvalue weighted by molar-refractivity contribution is 7.99. The van der Waals surface area contributed by atoms with Gasteiger partial charge in [0.1, 0.15) is 6.04 Å². The van der Waals surface area contributed by atoms with Crippen molar-refractivity contribution in [3.63, 3.8) is 0 Å². The van der Waals surface area contributed by atoms with Gasteiger partial charge in [0.15, 0.2) is 11.5 Å². The summed E-state index contributed by atoms with van der Waals surface area (Å²) in [6.45, 7) is 2.11. The van der Waals surface area contributed by atoms with E-state index in [1.807, 2.05) is 11.8 Å². The molecule has 1 aromatic carbocycles. The lowest BCUT2D eigenvalue weighted by Gasteiger charge is -2.29. The van der Waals surface area contributed by atoms with E-state index in [1.165, 1.54) is 46.3 Å². The molecule has 7 nitrogen and oxygen atoms in total. The number of thioether (sulfide) groups is 1. The average molecular weight is 445 g/mol. The molecule has 0 bridgehead atoms. The minimum Gasteiger partial charge on any atom is -0.493 e. The number of rotatable bonds is 10. The maximum absolute atomic E-state index is 12.7. The number of sulfonamides is 1. The highest BCUT2D eigenvalue weighted by Crippen LogP contribution is 2.33. The van der Waals surface area contributed by atoms with E-state index in [0.29, 0.717) is 29.0 Å². The fourth-order valence-corrected chi connectivity index (χ4v) is 5.94. The van der Waals surface area contributed by atoms with E-state index in [2.05, 4.69) is 5.32 Å². The third kappa shape index (κ3) is 6.70. The van der Waals surface area contributed by atoms with E-state index in [-0.39, 0.29) is 5.91 Å². The molecular formula is C20H32N2O5S2. The molecule has 1 saturated carbocycles. The van der Waals surface area contributed by atoms with Crippen LogP contribution in [0.5, 0.6) is 11.5 Å². The zero-order valence-corrected chi connectivity index (χ0v) is 19.3. The maximum atomic E-state index is 12.7. The number of carbonyl (C=O) groups is 1. The smallest absolute Gasteiger partial charge is 0.243 e. The Morgan fingerprint density at radius 3 is 2.45 bits per heavy atom. The standard InChI is InChI=1S/C20H32N2O5S2/c1-15(20(23)21-12-13-28-17-8-6-5-7-9-17)22(29(4,24)25)16-10-11-18(26-2)19(14-16)27-3/h10-11,14-15,17H,5-9,12-13H2,1-4H3,(H,21,23)/t15-/m1/s1. The van der Waals surface area contributed by atoms with Gasteiger partial charge in [0.05, 0.1) is 26.2 Å². The maximum Gasteiger partial charge on any atom is 0.243 e. The van der Waals surface area contributed by atoms with Crippen molar-refractivity contribution in [2.75, 3.05) is 37.1 Å². The van der Waals surface area contributed by atoms with Crippen LogP contribution < -0.4 is 19.1 Å². The molecule has 1 amide bonds. The van der Waals surface area contributed by atoms with Gasteiger partial charge in [-0.3, -0.25) is 9.10 Å². The number of anilines is 1. The number of carbonyl (C=O) groups excluding carboxylic acids is 1. The molecule has 164 valence electrons. The van der Waals surface area contributed by atoms with Crippen LogP contribution in [0.1, 0.15) is 39.0 Å². The summed E-state index contributed by atoms with van der Waals surface area (Å²) >= 11 is 1.89. The predicted molar refractivity (Wildman–Crippen MR) is 119 cm³/mol. The Kier molecular flexibility index (Phi) is 8.95. The summed E-state index contributed by atoms with van der Waals surface area (Å²) in [5.41, 5.74) is 0.351. The molecule has 9 heteroatoms. The number of hydrogen-bond donors (Lipinski definition) is 1. The zero-order chi connectivity index (χ0) is 21.4. The summed E-state index contributed by atoms with van der Waals surface area (Å²) in [7, 11) is -0.698. The molecule has 0 aliphatic heterocycles. The lowest BCUT2D eigenvalue weighted by Crippen LogP contribution is -2.48.